The van der Waals surface area contributed by atoms with E-state index in [2.05, 4.69) is 39.9 Å². The van der Waals surface area contributed by atoms with E-state index in [1.54, 1.807) is 0 Å². The van der Waals surface area contributed by atoms with Crippen LogP contribution in [0, 0.1) is 5.41 Å². The first-order chi connectivity index (χ1) is 6.32. The third-order valence-electron chi connectivity index (χ3n) is 2.89. The molecule has 1 aliphatic heterocycles. The smallest absolute Gasteiger partial charge is 0.317 e. The third kappa shape index (κ3) is 2.40. The maximum absolute atomic E-state index is 11.7. The summed E-state index contributed by atoms with van der Waals surface area (Å²) >= 11 is 0. The van der Waals surface area contributed by atoms with E-state index in [4.69, 9.17) is 0 Å². The second-order valence-corrected chi connectivity index (χ2v) is 5.44. The summed E-state index contributed by atoms with van der Waals surface area (Å²) in [6.07, 6.45) is 1.05. The van der Waals surface area contributed by atoms with Crippen LogP contribution in [0.15, 0.2) is 0 Å². The van der Waals surface area contributed by atoms with Gasteiger partial charge in [0.2, 0.25) is 0 Å². The molecule has 1 unspecified atom stereocenters. The Labute approximate surface area is 86.9 Å². The minimum Gasteiger partial charge on any atom is -0.335 e. The number of amides is 2. The standard InChI is InChI=1S/C11H22N2O/c1-8(2)13-7-6-9(11(3,4)5)12-10(13)14/h8-9H,6-7H2,1-5H3,(H,12,14). The van der Waals surface area contributed by atoms with Crippen molar-refractivity contribution in [3.8, 4) is 0 Å². The molecule has 1 fully saturated rings. The highest BCUT2D eigenvalue weighted by Crippen LogP contribution is 2.25. The fourth-order valence-corrected chi connectivity index (χ4v) is 1.82. The molecule has 0 aromatic heterocycles. The predicted octanol–water partition coefficient (Wildman–Crippen LogP) is 2.22. The summed E-state index contributed by atoms with van der Waals surface area (Å²) < 4.78 is 0. The lowest BCUT2D eigenvalue weighted by atomic mass is 9.84. The molecule has 1 rings (SSSR count). The molecule has 0 bridgehead atoms. The minimum absolute atomic E-state index is 0.0891. The maximum atomic E-state index is 11.7. The monoisotopic (exact) mass is 198 g/mol. The van der Waals surface area contributed by atoms with Gasteiger partial charge in [-0.05, 0) is 25.7 Å². The number of urea groups is 1. The molecule has 0 spiro atoms. The van der Waals surface area contributed by atoms with Crippen LogP contribution in [0.4, 0.5) is 4.79 Å². The lowest BCUT2D eigenvalue weighted by Gasteiger charge is -2.40. The van der Waals surface area contributed by atoms with Crippen molar-refractivity contribution in [1.82, 2.24) is 10.2 Å². The molecular formula is C11H22N2O. The molecule has 0 aromatic carbocycles. The molecule has 0 saturated carbocycles. The Kier molecular flexibility index (Phi) is 3.07. The van der Waals surface area contributed by atoms with Gasteiger partial charge in [0.1, 0.15) is 0 Å². The zero-order chi connectivity index (χ0) is 10.9. The van der Waals surface area contributed by atoms with Crippen molar-refractivity contribution in [2.24, 2.45) is 5.41 Å². The topological polar surface area (TPSA) is 32.3 Å². The molecule has 1 N–H and O–H groups in total. The van der Waals surface area contributed by atoms with Crippen molar-refractivity contribution < 1.29 is 4.79 Å². The number of nitrogens with zero attached hydrogens (tertiary/aromatic N) is 1. The Morgan fingerprint density at radius 1 is 1.43 bits per heavy atom. The van der Waals surface area contributed by atoms with Gasteiger partial charge in [-0.1, -0.05) is 20.8 Å². The van der Waals surface area contributed by atoms with Crippen LogP contribution in [-0.4, -0.2) is 29.6 Å². The van der Waals surface area contributed by atoms with Crippen LogP contribution in [0.1, 0.15) is 41.0 Å². The SMILES string of the molecule is CC(C)N1CCC(C(C)(C)C)NC1=O. The van der Waals surface area contributed by atoms with Crippen molar-refractivity contribution in [2.45, 2.75) is 53.1 Å². The predicted molar refractivity (Wildman–Crippen MR) is 58.2 cm³/mol. The zero-order valence-electron chi connectivity index (χ0n) is 9.92. The van der Waals surface area contributed by atoms with Crippen molar-refractivity contribution >= 4 is 6.03 Å². The second-order valence-electron chi connectivity index (χ2n) is 5.44. The Balaban J connectivity index is 2.60. The normalized spacial score (nSPS) is 24.0. The van der Waals surface area contributed by atoms with Gasteiger partial charge >= 0.3 is 6.03 Å². The zero-order valence-corrected chi connectivity index (χ0v) is 9.92. The molecule has 0 aromatic rings. The van der Waals surface area contributed by atoms with E-state index in [0.717, 1.165) is 13.0 Å². The molecule has 3 nitrogen and oxygen atoms in total. The Morgan fingerprint density at radius 3 is 2.36 bits per heavy atom. The van der Waals surface area contributed by atoms with Gasteiger partial charge in [-0.15, -0.1) is 0 Å². The summed E-state index contributed by atoms with van der Waals surface area (Å²) in [5.41, 5.74) is 0.165. The molecule has 82 valence electrons. The highest BCUT2D eigenvalue weighted by Gasteiger charge is 2.33. The maximum Gasteiger partial charge on any atom is 0.317 e. The summed E-state index contributed by atoms with van der Waals surface area (Å²) in [6.45, 7) is 11.5. The van der Waals surface area contributed by atoms with Crippen LogP contribution in [0.3, 0.4) is 0 Å². The highest BCUT2D eigenvalue weighted by atomic mass is 16.2. The van der Waals surface area contributed by atoms with Crippen LogP contribution in [-0.2, 0) is 0 Å². The summed E-state index contributed by atoms with van der Waals surface area (Å²) in [6, 6.07) is 0.701. The average molecular weight is 198 g/mol. The Bertz CT molecular complexity index is 218. The van der Waals surface area contributed by atoms with Gasteiger partial charge in [-0.25, -0.2) is 4.79 Å². The lowest BCUT2D eigenvalue weighted by molar-refractivity contribution is 0.131. The summed E-state index contributed by atoms with van der Waals surface area (Å²) in [4.78, 5) is 13.6. The van der Waals surface area contributed by atoms with Gasteiger partial charge in [0.15, 0.2) is 0 Å². The first-order valence-electron chi connectivity index (χ1n) is 5.39. The molecule has 0 radical (unpaired) electrons. The molecule has 0 aliphatic carbocycles. The van der Waals surface area contributed by atoms with Gasteiger partial charge in [0.05, 0.1) is 0 Å². The summed E-state index contributed by atoms with van der Waals surface area (Å²) in [5.74, 6) is 0. The third-order valence-corrected chi connectivity index (χ3v) is 2.89. The quantitative estimate of drug-likeness (QED) is 0.688. The van der Waals surface area contributed by atoms with Crippen LogP contribution >= 0.6 is 0 Å². The van der Waals surface area contributed by atoms with Gasteiger partial charge in [-0.2, -0.15) is 0 Å². The first-order valence-corrected chi connectivity index (χ1v) is 5.39. The summed E-state index contributed by atoms with van der Waals surface area (Å²) in [5, 5.41) is 3.07. The molecule has 1 atom stereocenters. The van der Waals surface area contributed by atoms with Gasteiger partial charge in [-0.3, -0.25) is 0 Å². The number of carbonyl (C=O) groups is 1. The van der Waals surface area contributed by atoms with E-state index in [0.29, 0.717) is 12.1 Å². The number of nitrogens with one attached hydrogen (secondary N) is 1. The van der Waals surface area contributed by atoms with E-state index in [-0.39, 0.29) is 11.4 Å². The van der Waals surface area contributed by atoms with E-state index in [9.17, 15) is 4.79 Å². The van der Waals surface area contributed by atoms with Crippen molar-refractivity contribution in [3.63, 3.8) is 0 Å². The Hall–Kier alpha value is -0.730. The van der Waals surface area contributed by atoms with E-state index in [1.165, 1.54) is 0 Å². The molecule has 2 amide bonds. The van der Waals surface area contributed by atoms with Crippen LogP contribution in [0.25, 0.3) is 0 Å². The molecule has 3 heteroatoms. The van der Waals surface area contributed by atoms with Crippen molar-refractivity contribution in [2.75, 3.05) is 6.54 Å². The van der Waals surface area contributed by atoms with E-state index < -0.39 is 0 Å². The second kappa shape index (κ2) is 3.79. The van der Waals surface area contributed by atoms with Gasteiger partial charge < -0.3 is 10.2 Å². The average Bonchev–Trinajstić information content (AvgIpc) is 2.01. The lowest BCUT2D eigenvalue weighted by Crippen LogP contribution is -2.57. The fraction of sp³-hybridized carbons (Fsp3) is 0.909. The minimum atomic E-state index is 0.0891. The Morgan fingerprint density at radius 2 is 2.00 bits per heavy atom. The molecule has 1 heterocycles. The highest BCUT2D eigenvalue weighted by molar-refractivity contribution is 5.75. The van der Waals surface area contributed by atoms with Crippen molar-refractivity contribution in [1.29, 1.82) is 0 Å². The first kappa shape index (κ1) is 11.3. The largest absolute Gasteiger partial charge is 0.335 e. The van der Waals surface area contributed by atoms with E-state index in [1.807, 2.05) is 4.90 Å². The molecule has 1 saturated heterocycles. The van der Waals surface area contributed by atoms with Crippen LogP contribution < -0.4 is 5.32 Å². The number of rotatable bonds is 1. The van der Waals surface area contributed by atoms with E-state index >= 15 is 0 Å². The molecular weight excluding hydrogens is 176 g/mol. The van der Waals surface area contributed by atoms with Gasteiger partial charge in [0.25, 0.3) is 0 Å². The molecule has 14 heavy (non-hydrogen) atoms. The van der Waals surface area contributed by atoms with Crippen LogP contribution in [0.5, 0.6) is 0 Å². The number of carbonyl (C=O) groups excluding carboxylic acids is 1. The number of hydrogen-bond donors (Lipinski definition) is 1. The fourth-order valence-electron chi connectivity index (χ4n) is 1.82. The van der Waals surface area contributed by atoms with Crippen molar-refractivity contribution in [3.05, 3.63) is 0 Å². The summed E-state index contributed by atoms with van der Waals surface area (Å²) in [7, 11) is 0. The van der Waals surface area contributed by atoms with Gasteiger partial charge in [0, 0.05) is 18.6 Å². The molecule has 1 aliphatic rings. The van der Waals surface area contributed by atoms with Crippen LogP contribution in [0.2, 0.25) is 0 Å². The number of hydrogen-bond acceptors (Lipinski definition) is 1.